The second kappa shape index (κ2) is 6.31. The number of hydrogen-bond donors (Lipinski definition) is 0. The van der Waals surface area contributed by atoms with Crippen LogP contribution in [0.1, 0.15) is 53.9 Å². The van der Waals surface area contributed by atoms with E-state index in [0.717, 1.165) is 11.5 Å². The minimum absolute atomic E-state index is 0.676. The van der Waals surface area contributed by atoms with Crippen LogP contribution >= 0.6 is 0 Å². The second-order valence-corrected chi connectivity index (χ2v) is 9.29. The monoisotopic (exact) mass is 394 g/mol. The van der Waals surface area contributed by atoms with Gasteiger partial charge < -0.3 is 4.74 Å². The van der Waals surface area contributed by atoms with E-state index in [0.29, 0.717) is 5.92 Å². The third-order valence-electron chi connectivity index (χ3n) is 7.49. The maximum absolute atomic E-state index is 6.75. The van der Waals surface area contributed by atoms with Gasteiger partial charge in [0.25, 0.3) is 0 Å². The molecule has 0 radical (unpaired) electrons. The fourth-order valence-electron chi connectivity index (χ4n) is 5.97. The van der Waals surface area contributed by atoms with Crippen LogP contribution in [0.25, 0.3) is 32.8 Å². The number of ether oxygens (including phenoxy) is 1. The summed E-state index contributed by atoms with van der Waals surface area (Å²) in [6.07, 6.45) is 7.51. The number of fused-ring (bicyclic) bond motifs is 3. The quantitative estimate of drug-likeness (QED) is 0.275. The van der Waals surface area contributed by atoms with Gasteiger partial charge in [0.2, 0.25) is 5.69 Å². The molecule has 0 unspecified atom stereocenters. The third kappa shape index (κ3) is 2.34. The lowest BCUT2D eigenvalue weighted by atomic mass is 9.86. The average Bonchev–Trinajstić information content (AvgIpc) is 3.28. The number of nitrogens with zero attached hydrogens (tertiary/aromatic N) is 1. The molecule has 0 atom stereocenters. The first kappa shape index (κ1) is 17.9. The number of rotatable bonds is 1. The summed E-state index contributed by atoms with van der Waals surface area (Å²) in [5, 5.41) is 5.22. The van der Waals surface area contributed by atoms with E-state index in [4.69, 9.17) is 4.74 Å². The Labute approximate surface area is 178 Å². The topological polar surface area (TPSA) is 13.1 Å². The molecule has 0 saturated heterocycles. The fraction of sp³-hybridized carbons (Fsp3) is 0.321. The van der Waals surface area contributed by atoms with Gasteiger partial charge in [0.05, 0.1) is 10.9 Å². The molecule has 3 aromatic carbocycles. The molecule has 2 nitrogen and oxygen atoms in total. The van der Waals surface area contributed by atoms with E-state index in [2.05, 4.69) is 75.0 Å². The normalized spacial score (nSPS) is 15.6. The minimum Gasteiger partial charge on any atom is -0.455 e. The number of aromatic nitrogens is 1. The maximum atomic E-state index is 6.75. The van der Waals surface area contributed by atoms with Gasteiger partial charge >= 0.3 is 0 Å². The SMILES string of the molecule is Cc1c2c(c(C)c3c(C)cccc13)-c1c3c(cc(C4CCCC4)cc3cc[n+]1C)O2. The predicted molar refractivity (Wildman–Crippen MR) is 124 cm³/mol. The van der Waals surface area contributed by atoms with Crippen molar-refractivity contribution in [2.75, 3.05) is 0 Å². The largest absolute Gasteiger partial charge is 0.455 e. The Morgan fingerprint density at radius 1 is 0.933 bits per heavy atom. The van der Waals surface area contributed by atoms with Crippen LogP contribution in [0.3, 0.4) is 0 Å². The third-order valence-corrected chi connectivity index (χ3v) is 7.49. The van der Waals surface area contributed by atoms with E-state index in [1.807, 2.05) is 0 Å². The summed E-state index contributed by atoms with van der Waals surface area (Å²) in [5.41, 5.74) is 7.87. The van der Waals surface area contributed by atoms with E-state index in [-0.39, 0.29) is 0 Å². The van der Waals surface area contributed by atoms with Crippen molar-refractivity contribution >= 4 is 21.5 Å². The maximum Gasteiger partial charge on any atom is 0.228 e. The first-order chi connectivity index (χ1) is 14.5. The average molecular weight is 395 g/mol. The van der Waals surface area contributed by atoms with Crippen LogP contribution in [-0.2, 0) is 7.05 Å². The Kier molecular flexibility index (Phi) is 3.78. The summed E-state index contributed by atoms with van der Waals surface area (Å²) in [6, 6.07) is 13.6. The zero-order valence-corrected chi connectivity index (χ0v) is 18.3. The summed E-state index contributed by atoms with van der Waals surface area (Å²) in [5.74, 6) is 2.74. The first-order valence-electron chi connectivity index (χ1n) is 11.2. The predicted octanol–water partition coefficient (Wildman–Crippen LogP) is 7.17. The van der Waals surface area contributed by atoms with Crippen LogP contribution in [-0.4, -0.2) is 0 Å². The van der Waals surface area contributed by atoms with Crippen LogP contribution < -0.4 is 9.30 Å². The highest BCUT2D eigenvalue weighted by atomic mass is 16.5. The lowest BCUT2D eigenvalue weighted by Crippen LogP contribution is -2.32. The van der Waals surface area contributed by atoms with Crippen molar-refractivity contribution in [3.8, 4) is 22.8 Å². The van der Waals surface area contributed by atoms with Gasteiger partial charge in [-0.2, -0.15) is 0 Å². The van der Waals surface area contributed by atoms with Crippen molar-refractivity contribution in [3.05, 3.63) is 64.8 Å². The molecule has 6 rings (SSSR count). The van der Waals surface area contributed by atoms with E-state index >= 15 is 0 Å². The molecule has 2 heteroatoms. The molecule has 1 aliphatic heterocycles. The fourth-order valence-corrected chi connectivity index (χ4v) is 5.97. The van der Waals surface area contributed by atoms with Gasteiger partial charge in [-0.25, -0.2) is 4.57 Å². The summed E-state index contributed by atoms with van der Waals surface area (Å²) in [4.78, 5) is 0. The second-order valence-electron chi connectivity index (χ2n) is 9.29. The Morgan fingerprint density at radius 3 is 2.53 bits per heavy atom. The molecular formula is C28H28NO+. The zero-order valence-electron chi connectivity index (χ0n) is 18.3. The first-order valence-corrected chi connectivity index (χ1v) is 11.2. The van der Waals surface area contributed by atoms with Crippen molar-refractivity contribution in [2.24, 2.45) is 7.05 Å². The lowest BCUT2D eigenvalue weighted by molar-refractivity contribution is -0.659. The summed E-state index contributed by atoms with van der Waals surface area (Å²) in [6.45, 7) is 6.69. The van der Waals surface area contributed by atoms with Gasteiger partial charge in [-0.3, -0.25) is 0 Å². The van der Waals surface area contributed by atoms with Crippen molar-refractivity contribution in [2.45, 2.75) is 52.4 Å². The molecular weight excluding hydrogens is 366 g/mol. The number of benzene rings is 3. The van der Waals surface area contributed by atoms with Gasteiger partial charge in [0, 0.05) is 11.6 Å². The van der Waals surface area contributed by atoms with Crippen molar-refractivity contribution < 1.29 is 9.30 Å². The number of hydrogen-bond acceptors (Lipinski definition) is 1. The Morgan fingerprint density at radius 2 is 1.73 bits per heavy atom. The minimum atomic E-state index is 0.676. The summed E-state index contributed by atoms with van der Waals surface area (Å²) in [7, 11) is 2.16. The molecule has 0 amide bonds. The lowest BCUT2D eigenvalue weighted by Gasteiger charge is -2.25. The van der Waals surface area contributed by atoms with Crippen LogP contribution in [0.5, 0.6) is 11.5 Å². The van der Waals surface area contributed by atoms with E-state index in [1.54, 1.807) is 0 Å². The van der Waals surface area contributed by atoms with Gasteiger partial charge in [-0.1, -0.05) is 37.1 Å². The molecule has 4 aromatic rings. The molecule has 1 aromatic heterocycles. The summed E-state index contributed by atoms with van der Waals surface area (Å²) < 4.78 is 9.03. The van der Waals surface area contributed by atoms with Crippen molar-refractivity contribution in [1.82, 2.24) is 0 Å². The van der Waals surface area contributed by atoms with Gasteiger partial charge in [0.1, 0.15) is 18.5 Å². The molecule has 30 heavy (non-hydrogen) atoms. The van der Waals surface area contributed by atoms with Crippen LogP contribution in [0.4, 0.5) is 0 Å². The zero-order chi connectivity index (χ0) is 20.6. The standard InChI is InChI=1S/C28H28NO/c1-16-8-7-11-22-17(2)28-25(18(3)24(16)22)27-26-20(12-13-29(27)4)14-21(15-23(26)30-28)19-9-5-6-10-19/h7-8,11-15,19H,5-6,9-10H2,1-4H3/q+1. The highest BCUT2D eigenvalue weighted by molar-refractivity contribution is 6.07. The Balaban J connectivity index is 1.73. The van der Waals surface area contributed by atoms with E-state index in [1.165, 1.54) is 80.7 Å². The van der Waals surface area contributed by atoms with Crippen molar-refractivity contribution in [3.63, 3.8) is 0 Å². The molecule has 1 fully saturated rings. The molecule has 0 spiro atoms. The van der Waals surface area contributed by atoms with Gasteiger partial charge in [-0.15, -0.1) is 0 Å². The number of aryl methyl sites for hydroxylation is 4. The molecule has 1 aliphatic carbocycles. The van der Waals surface area contributed by atoms with E-state index < -0.39 is 0 Å². The van der Waals surface area contributed by atoms with Crippen LogP contribution in [0, 0.1) is 20.8 Å². The molecule has 150 valence electrons. The highest BCUT2D eigenvalue weighted by Gasteiger charge is 2.33. The number of pyridine rings is 1. The smallest absolute Gasteiger partial charge is 0.228 e. The summed E-state index contributed by atoms with van der Waals surface area (Å²) >= 11 is 0. The van der Waals surface area contributed by atoms with Gasteiger partial charge in [0.15, 0.2) is 6.20 Å². The van der Waals surface area contributed by atoms with Gasteiger partial charge in [-0.05, 0) is 78.4 Å². The Hall–Kier alpha value is -2.87. The molecule has 0 N–H and O–H groups in total. The molecule has 2 aliphatic rings. The van der Waals surface area contributed by atoms with Crippen molar-refractivity contribution in [1.29, 1.82) is 0 Å². The Bertz CT molecular complexity index is 1360. The molecule has 1 saturated carbocycles. The van der Waals surface area contributed by atoms with E-state index in [9.17, 15) is 0 Å². The molecule has 0 bridgehead atoms. The van der Waals surface area contributed by atoms with Crippen LogP contribution in [0.2, 0.25) is 0 Å². The highest BCUT2D eigenvalue weighted by Crippen LogP contribution is 2.51. The molecule has 2 heterocycles. The van der Waals surface area contributed by atoms with Crippen LogP contribution in [0.15, 0.2) is 42.6 Å².